The summed E-state index contributed by atoms with van der Waals surface area (Å²) in [5.41, 5.74) is 0.635. The highest BCUT2D eigenvalue weighted by atomic mass is 32.2. The molecule has 0 bridgehead atoms. The van der Waals surface area contributed by atoms with E-state index < -0.39 is 10.0 Å². The van der Waals surface area contributed by atoms with E-state index in [1.165, 1.54) is 0 Å². The number of carbonyl (C=O) groups excluding carboxylic acids is 1. The van der Waals surface area contributed by atoms with Crippen molar-refractivity contribution in [1.82, 2.24) is 9.62 Å². The van der Waals surface area contributed by atoms with Crippen LogP contribution in [0.3, 0.4) is 0 Å². The van der Waals surface area contributed by atoms with Crippen LogP contribution in [0.4, 0.5) is 10.5 Å². The van der Waals surface area contributed by atoms with E-state index in [2.05, 4.69) is 10.0 Å². The van der Waals surface area contributed by atoms with Crippen LogP contribution in [-0.4, -0.2) is 51.5 Å². The summed E-state index contributed by atoms with van der Waals surface area (Å²) in [6.45, 7) is 1.20. The number of anilines is 1. The zero-order valence-corrected chi connectivity index (χ0v) is 13.6. The second kappa shape index (κ2) is 6.25. The van der Waals surface area contributed by atoms with Crippen molar-refractivity contribution in [2.24, 2.45) is 0 Å². The Morgan fingerprint density at radius 1 is 1.22 bits per heavy atom. The van der Waals surface area contributed by atoms with Gasteiger partial charge in [0.1, 0.15) is 0 Å². The van der Waals surface area contributed by atoms with Crippen molar-refractivity contribution in [3.63, 3.8) is 0 Å². The number of sulfonamides is 1. The number of hydrogen-bond acceptors (Lipinski definition) is 5. The molecule has 3 rings (SSSR count). The van der Waals surface area contributed by atoms with E-state index >= 15 is 0 Å². The molecular weight excluding hydrogens is 322 g/mol. The van der Waals surface area contributed by atoms with E-state index in [-0.39, 0.29) is 18.9 Å². The molecule has 126 valence electrons. The molecule has 0 aliphatic carbocycles. The average molecular weight is 341 g/mol. The maximum Gasteiger partial charge on any atom is 0.321 e. The monoisotopic (exact) mass is 341 g/mol. The predicted molar refractivity (Wildman–Crippen MR) is 84.2 cm³/mol. The summed E-state index contributed by atoms with van der Waals surface area (Å²) in [6, 6.07) is 4.91. The fraction of sp³-hybridized carbons (Fsp3) is 0.500. The molecule has 1 aromatic carbocycles. The van der Waals surface area contributed by atoms with Gasteiger partial charge in [-0.2, -0.15) is 0 Å². The Balaban J connectivity index is 1.54. The van der Waals surface area contributed by atoms with Crippen molar-refractivity contribution < 1.29 is 22.7 Å². The molecule has 1 saturated heterocycles. The Morgan fingerprint density at radius 2 is 1.91 bits per heavy atom. The number of nitrogens with zero attached hydrogens (tertiary/aromatic N) is 1. The maximum atomic E-state index is 12.3. The highest BCUT2D eigenvalue weighted by Gasteiger charge is 2.25. The normalized spacial score (nSPS) is 18.0. The first-order valence-electron chi connectivity index (χ1n) is 7.33. The molecule has 8 nitrogen and oxygen atoms in total. The third kappa shape index (κ3) is 4.05. The van der Waals surface area contributed by atoms with Crippen molar-refractivity contribution in [3.8, 4) is 11.5 Å². The number of urea groups is 1. The Bertz CT molecular complexity index is 698. The van der Waals surface area contributed by atoms with E-state index in [1.54, 1.807) is 23.1 Å². The lowest BCUT2D eigenvalue weighted by molar-refractivity contribution is 0.174. The lowest BCUT2D eigenvalue weighted by Gasteiger charge is -2.32. The number of amides is 2. The van der Waals surface area contributed by atoms with Crippen LogP contribution in [0.25, 0.3) is 0 Å². The number of fused-ring (bicyclic) bond motifs is 1. The fourth-order valence-corrected chi connectivity index (χ4v) is 3.52. The Morgan fingerprint density at radius 3 is 2.61 bits per heavy atom. The van der Waals surface area contributed by atoms with Gasteiger partial charge in [-0.25, -0.2) is 17.9 Å². The highest BCUT2D eigenvalue weighted by Crippen LogP contribution is 2.34. The second-order valence-electron chi connectivity index (χ2n) is 5.65. The van der Waals surface area contributed by atoms with Crippen LogP contribution in [0.2, 0.25) is 0 Å². The van der Waals surface area contributed by atoms with E-state index in [1.807, 2.05) is 0 Å². The van der Waals surface area contributed by atoms with E-state index in [0.29, 0.717) is 43.1 Å². The molecule has 1 aromatic rings. The highest BCUT2D eigenvalue weighted by molar-refractivity contribution is 7.88. The SMILES string of the molecule is CS(=O)(=O)NC1CCN(C(=O)Nc2ccc3c(c2)OCO3)CC1. The van der Waals surface area contributed by atoms with Crippen molar-refractivity contribution in [2.75, 3.05) is 31.5 Å². The third-order valence-electron chi connectivity index (χ3n) is 3.79. The quantitative estimate of drug-likeness (QED) is 0.853. The van der Waals surface area contributed by atoms with Crippen LogP contribution in [0.15, 0.2) is 18.2 Å². The van der Waals surface area contributed by atoms with Crippen LogP contribution < -0.4 is 19.5 Å². The minimum absolute atomic E-state index is 0.111. The first-order chi connectivity index (χ1) is 10.9. The summed E-state index contributed by atoms with van der Waals surface area (Å²) in [5.74, 6) is 1.27. The fourth-order valence-electron chi connectivity index (χ4n) is 2.68. The lowest BCUT2D eigenvalue weighted by atomic mass is 10.1. The smallest absolute Gasteiger partial charge is 0.321 e. The van der Waals surface area contributed by atoms with Gasteiger partial charge in [-0.05, 0) is 25.0 Å². The minimum atomic E-state index is -3.21. The van der Waals surface area contributed by atoms with Gasteiger partial charge in [0, 0.05) is 30.9 Å². The van der Waals surface area contributed by atoms with Crippen LogP contribution in [0.1, 0.15) is 12.8 Å². The Kier molecular flexibility index (Phi) is 4.31. The molecule has 0 saturated carbocycles. The molecule has 2 aliphatic heterocycles. The summed E-state index contributed by atoms with van der Waals surface area (Å²) in [6.07, 6.45) is 2.34. The van der Waals surface area contributed by atoms with Crippen LogP contribution in [0.5, 0.6) is 11.5 Å². The topological polar surface area (TPSA) is 97.0 Å². The summed E-state index contributed by atoms with van der Waals surface area (Å²) in [5, 5.41) is 2.82. The number of benzene rings is 1. The third-order valence-corrected chi connectivity index (χ3v) is 4.55. The van der Waals surface area contributed by atoms with E-state index in [0.717, 1.165) is 6.26 Å². The summed E-state index contributed by atoms with van der Waals surface area (Å²) >= 11 is 0. The lowest BCUT2D eigenvalue weighted by Crippen LogP contribution is -2.47. The molecule has 9 heteroatoms. The number of likely N-dealkylation sites (tertiary alicyclic amines) is 1. The molecule has 0 radical (unpaired) electrons. The number of nitrogens with one attached hydrogen (secondary N) is 2. The molecule has 0 atom stereocenters. The zero-order chi connectivity index (χ0) is 16.4. The van der Waals surface area contributed by atoms with Crippen molar-refractivity contribution >= 4 is 21.7 Å². The summed E-state index contributed by atoms with van der Waals surface area (Å²) in [4.78, 5) is 13.9. The van der Waals surface area contributed by atoms with Gasteiger partial charge in [0.15, 0.2) is 11.5 Å². The van der Waals surface area contributed by atoms with Gasteiger partial charge in [0.25, 0.3) is 0 Å². The zero-order valence-electron chi connectivity index (χ0n) is 12.7. The molecule has 0 unspecified atom stereocenters. The van der Waals surface area contributed by atoms with Crippen LogP contribution in [0, 0.1) is 0 Å². The van der Waals surface area contributed by atoms with Gasteiger partial charge in [0.05, 0.1) is 6.26 Å². The molecule has 2 N–H and O–H groups in total. The van der Waals surface area contributed by atoms with Gasteiger partial charge in [-0.15, -0.1) is 0 Å². The van der Waals surface area contributed by atoms with Crippen LogP contribution >= 0.6 is 0 Å². The van der Waals surface area contributed by atoms with Gasteiger partial charge in [-0.3, -0.25) is 0 Å². The van der Waals surface area contributed by atoms with E-state index in [4.69, 9.17) is 9.47 Å². The number of carbonyl (C=O) groups is 1. The largest absolute Gasteiger partial charge is 0.454 e. The molecule has 1 fully saturated rings. The molecule has 2 aliphatic rings. The molecule has 0 aromatic heterocycles. The molecule has 23 heavy (non-hydrogen) atoms. The van der Waals surface area contributed by atoms with Gasteiger partial charge < -0.3 is 19.7 Å². The number of ether oxygens (including phenoxy) is 2. The minimum Gasteiger partial charge on any atom is -0.454 e. The van der Waals surface area contributed by atoms with Crippen molar-refractivity contribution in [2.45, 2.75) is 18.9 Å². The van der Waals surface area contributed by atoms with E-state index in [9.17, 15) is 13.2 Å². The number of piperidine rings is 1. The summed E-state index contributed by atoms with van der Waals surface area (Å²) < 4.78 is 35.5. The predicted octanol–water partition coefficient (Wildman–Crippen LogP) is 0.961. The Labute approximate surface area is 134 Å². The summed E-state index contributed by atoms with van der Waals surface area (Å²) in [7, 11) is -3.21. The second-order valence-corrected chi connectivity index (χ2v) is 7.43. The standard InChI is InChI=1S/C14H19N3O5S/c1-23(19,20)16-10-4-6-17(7-5-10)14(18)15-11-2-3-12-13(8-11)22-9-21-12/h2-3,8,10,16H,4-7,9H2,1H3,(H,15,18). The molecule has 2 heterocycles. The molecule has 0 spiro atoms. The van der Waals surface area contributed by atoms with Crippen molar-refractivity contribution in [3.05, 3.63) is 18.2 Å². The maximum absolute atomic E-state index is 12.3. The van der Waals surface area contributed by atoms with Crippen molar-refractivity contribution in [1.29, 1.82) is 0 Å². The van der Waals surface area contributed by atoms with Crippen LogP contribution in [-0.2, 0) is 10.0 Å². The first kappa shape index (κ1) is 15.9. The number of hydrogen-bond donors (Lipinski definition) is 2. The molecular formula is C14H19N3O5S. The average Bonchev–Trinajstić information content (AvgIpc) is 2.94. The number of rotatable bonds is 3. The van der Waals surface area contributed by atoms with Gasteiger partial charge in [0.2, 0.25) is 16.8 Å². The first-order valence-corrected chi connectivity index (χ1v) is 9.23. The molecule has 2 amide bonds. The van der Waals surface area contributed by atoms with Gasteiger partial charge in [-0.1, -0.05) is 0 Å². The van der Waals surface area contributed by atoms with Gasteiger partial charge >= 0.3 is 6.03 Å². The Hall–Kier alpha value is -2.00.